The topological polar surface area (TPSA) is 46.2 Å². The molecule has 1 aromatic carbocycles. The Morgan fingerprint density at radius 2 is 2.00 bits per heavy atom. The summed E-state index contributed by atoms with van der Waals surface area (Å²) in [6.07, 6.45) is 1.09. The van der Waals surface area contributed by atoms with Gasteiger partial charge in [-0.25, -0.2) is 4.39 Å². The smallest absolute Gasteiger partial charge is 0.129 e. The lowest BCUT2D eigenvalue weighted by Gasteiger charge is -2.20. The molecule has 1 aromatic rings. The summed E-state index contributed by atoms with van der Waals surface area (Å²) in [7, 11) is 0. The van der Waals surface area contributed by atoms with Crippen LogP contribution in [0.3, 0.4) is 0 Å². The van der Waals surface area contributed by atoms with Crippen LogP contribution in [0.2, 0.25) is 10.0 Å². The van der Waals surface area contributed by atoms with E-state index in [1.54, 1.807) is 0 Å². The van der Waals surface area contributed by atoms with Crippen LogP contribution < -0.4 is 5.73 Å². The monoisotopic (exact) mass is 263 g/mol. The molecular weight excluding hydrogens is 252 g/mol. The molecule has 0 unspecified atom stereocenters. The average Bonchev–Trinajstić information content (AvgIpc) is 3.06. The quantitative estimate of drug-likeness (QED) is 0.824. The fraction of sp³-hybridized carbons (Fsp3) is 0.455. The zero-order valence-corrected chi connectivity index (χ0v) is 9.97. The highest BCUT2D eigenvalue weighted by atomic mass is 35.5. The van der Waals surface area contributed by atoms with E-state index in [1.165, 1.54) is 12.1 Å². The molecule has 0 heterocycles. The van der Waals surface area contributed by atoms with Gasteiger partial charge < -0.3 is 10.8 Å². The first-order chi connectivity index (χ1) is 7.52. The lowest BCUT2D eigenvalue weighted by atomic mass is 9.98. The summed E-state index contributed by atoms with van der Waals surface area (Å²) in [4.78, 5) is 0. The molecule has 88 valence electrons. The highest BCUT2D eigenvalue weighted by molar-refractivity contribution is 6.42. The maximum absolute atomic E-state index is 13.6. The molecular formula is C11H12Cl2FNO. The number of benzene rings is 1. The Balaban J connectivity index is 2.34. The van der Waals surface area contributed by atoms with Crippen molar-refractivity contribution < 1.29 is 9.50 Å². The molecule has 0 radical (unpaired) electrons. The Labute approximate surface area is 103 Å². The van der Waals surface area contributed by atoms with Gasteiger partial charge >= 0.3 is 0 Å². The number of aliphatic hydroxyl groups excluding tert-OH is 1. The Morgan fingerprint density at radius 3 is 2.56 bits per heavy atom. The van der Waals surface area contributed by atoms with Crippen molar-refractivity contribution in [3.63, 3.8) is 0 Å². The fourth-order valence-corrected chi connectivity index (χ4v) is 2.19. The van der Waals surface area contributed by atoms with Gasteiger partial charge in [0.2, 0.25) is 0 Å². The average molecular weight is 264 g/mol. The number of hydrogen-bond acceptors (Lipinski definition) is 2. The minimum absolute atomic E-state index is 0.0915. The third-order valence-electron chi connectivity index (χ3n) is 2.89. The Morgan fingerprint density at radius 1 is 1.38 bits per heavy atom. The zero-order chi connectivity index (χ0) is 11.9. The molecule has 0 aromatic heterocycles. The molecule has 0 spiro atoms. The Bertz CT molecular complexity index is 409. The largest absolute Gasteiger partial charge is 0.391 e. The van der Waals surface area contributed by atoms with Crippen molar-refractivity contribution in [3.8, 4) is 0 Å². The summed E-state index contributed by atoms with van der Waals surface area (Å²) in [5, 5.41) is 10.2. The number of aliphatic hydroxyl groups is 1. The molecule has 0 amide bonds. The third-order valence-corrected chi connectivity index (χ3v) is 3.70. The molecule has 5 heteroatoms. The number of rotatable bonds is 3. The maximum atomic E-state index is 13.6. The van der Waals surface area contributed by atoms with E-state index in [0.29, 0.717) is 0 Å². The molecule has 1 saturated carbocycles. The van der Waals surface area contributed by atoms with E-state index < -0.39 is 18.0 Å². The molecule has 2 atom stereocenters. The second-order valence-electron chi connectivity index (χ2n) is 4.11. The molecule has 1 fully saturated rings. The van der Waals surface area contributed by atoms with Crippen LogP contribution in [0.5, 0.6) is 0 Å². The lowest BCUT2D eigenvalue weighted by molar-refractivity contribution is 0.121. The Kier molecular flexibility index (Phi) is 3.40. The lowest BCUT2D eigenvalue weighted by Crippen LogP contribution is -2.29. The van der Waals surface area contributed by atoms with Gasteiger partial charge in [-0.2, -0.15) is 0 Å². The molecule has 1 aliphatic rings. The van der Waals surface area contributed by atoms with Gasteiger partial charge in [-0.05, 0) is 30.9 Å². The van der Waals surface area contributed by atoms with Crippen LogP contribution in [0.1, 0.15) is 24.4 Å². The Hall–Kier alpha value is -0.350. The van der Waals surface area contributed by atoms with Gasteiger partial charge in [-0.1, -0.05) is 23.2 Å². The summed E-state index contributed by atoms with van der Waals surface area (Å²) in [6, 6.07) is 1.76. The summed E-state index contributed by atoms with van der Waals surface area (Å²) < 4.78 is 13.6. The first-order valence-corrected chi connectivity index (χ1v) is 5.85. The van der Waals surface area contributed by atoms with Crippen LogP contribution in [0.15, 0.2) is 12.1 Å². The van der Waals surface area contributed by atoms with Crippen LogP contribution in [-0.4, -0.2) is 11.2 Å². The third kappa shape index (κ3) is 2.18. The molecule has 2 rings (SSSR count). The summed E-state index contributed by atoms with van der Waals surface area (Å²) >= 11 is 11.7. The van der Waals surface area contributed by atoms with Gasteiger partial charge in [0.15, 0.2) is 0 Å². The minimum Gasteiger partial charge on any atom is -0.391 e. The van der Waals surface area contributed by atoms with E-state index in [4.69, 9.17) is 28.9 Å². The highest BCUT2D eigenvalue weighted by Gasteiger charge is 2.36. The minimum atomic E-state index is -0.821. The first kappa shape index (κ1) is 12.1. The van der Waals surface area contributed by atoms with Gasteiger partial charge in [0.1, 0.15) is 5.82 Å². The van der Waals surface area contributed by atoms with E-state index in [1.807, 2.05) is 0 Å². The number of halogens is 3. The van der Waals surface area contributed by atoms with Crippen molar-refractivity contribution >= 4 is 23.2 Å². The maximum Gasteiger partial charge on any atom is 0.129 e. The zero-order valence-electron chi connectivity index (χ0n) is 8.46. The molecule has 1 aliphatic carbocycles. The van der Waals surface area contributed by atoms with E-state index in [2.05, 4.69) is 0 Å². The molecule has 2 nitrogen and oxygen atoms in total. The predicted octanol–water partition coefficient (Wildman–Crippen LogP) is 2.90. The van der Waals surface area contributed by atoms with Crippen LogP contribution in [0.4, 0.5) is 4.39 Å². The van der Waals surface area contributed by atoms with Crippen LogP contribution >= 0.6 is 23.2 Å². The van der Waals surface area contributed by atoms with Crippen molar-refractivity contribution in [2.45, 2.75) is 25.0 Å². The SMILES string of the molecule is N[C@H](c1c(F)ccc(Cl)c1Cl)[C@@H](O)C1CC1. The number of hydrogen-bond donors (Lipinski definition) is 2. The fourth-order valence-electron chi connectivity index (χ4n) is 1.75. The van der Waals surface area contributed by atoms with E-state index in [9.17, 15) is 9.50 Å². The van der Waals surface area contributed by atoms with Gasteiger partial charge in [0.05, 0.1) is 22.2 Å². The molecule has 3 N–H and O–H groups in total. The van der Waals surface area contributed by atoms with E-state index >= 15 is 0 Å². The summed E-state index contributed by atoms with van der Waals surface area (Å²) in [5.74, 6) is -0.369. The van der Waals surface area contributed by atoms with Crippen molar-refractivity contribution in [2.75, 3.05) is 0 Å². The first-order valence-electron chi connectivity index (χ1n) is 5.09. The predicted molar refractivity (Wildman–Crippen MR) is 62.1 cm³/mol. The van der Waals surface area contributed by atoms with E-state index in [-0.39, 0.29) is 21.5 Å². The standard InChI is InChI=1S/C11H12Cl2FNO/c12-6-3-4-7(14)8(9(6)13)10(15)11(16)5-1-2-5/h3-5,10-11,16H,1-2,15H2/t10-,11+/m1/s1. The van der Waals surface area contributed by atoms with Crippen molar-refractivity contribution in [1.29, 1.82) is 0 Å². The van der Waals surface area contributed by atoms with Gasteiger partial charge in [0, 0.05) is 5.56 Å². The molecule has 0 saturated heterocycles. The van der Waals surface area contributed by atoms with Crippen molar-refractivity contribution in [2.24, 2.45) is 11.7 Å². The second kappa shape index (κ2) is 4.49. The van der Waals surface area contributed by atoms with Crippen molar-refractivity contribution in [1.82, 2.24) is 0 Å². The van der Waals surface area contributed by atoms with Crippen LogP contribution in [-0.2, 0) is 0 Å². The highest BCUT2D eigenvalue weighted by Crippen LogP contribution is 2.40. The van der Waals surface area contributed by atoms with E-state index in [0.717, 1.165) is 12.8 Å². The van der Waals surface area contributed by atoms with Gasteiger partial charge in [0.25, 0.3) is 0 Å². The molecule has 0 bridgehead atoms. The summed E-state index contributed by atoms with van der Waals surface area (Å²) in [5.41, 5.74) is 5.92. The molecule has 0 aliphatic heterocycles. The van der Waals surface area contributed by atoms with Crippen LogP contribution in [0, 0.1) is 11.7 Å². The van der Waals surface area contributed by atoms with Gasteiger partial charge in [-0.3, -0.25) is 0 Å². The second-order valence-corrected chi connectivity index (χ2v) is 4.90. The van der Waals surface area contributed by atoms with Crippen molar-refractivity contribution in [3.05, 3.63) is 33.6 Å². The summed E-state index contributed by atoms with van der Waals surface area (Å²) in [6.45, 7) is 0. The number of nitrogens with two attached hydrogens (primary N) is 1. The molecule has 16 heavy (non-hydrogen) atoms. The normalized spacial score (nSPS) is 19.6. The van der Waals surface area contributed by atoms with Gasteiger partial charge in [-0.15, -0.1) is 0 Å². The van der Waals surface area contributed by atoms with Crippen LogP contribution in [0.25, 0.3) is 0 Å².